The van der Waals surface area contributed by atoms with Crippen molar-refractivity contribution in [2.24, 2.45) is 0 Å². The maximum absolute atomic E-state index is 4.58. The number of nitrogens with zero attached hydrogens (tertiary/aromatic N) is 4. The van der Waals surface area contributed by atoms with Gasteiger partial charge in [-0.3, -0.25) is 10.1 Å². The molecule has 0 spiro atoms. The molecule has 0 aliphatic carbocycles. The van der Waals surface area contributed by atoms with E-state index in [1.54, 1.807) is 12.4 Å². The number of rotatable bonds is 3. The fraction of sp³-hybridized carbons (Fsp3) is 0.240. The monoisotopic (exact) mass is 408 g/mol. The molecule has 1 aromatic carbocycles. The Labute approximate surface area is 180 Å². The number of fused-ring (bicyclic) bond motifs is 2. The van der Waals surface area contributed by atoms with Crippen LogP contribution in [0.1, 0.15) is 24.8 Å². The Kier molecular flexibility index (Phi) is 4.23. The van der Waals surface area contributed by atoms with Crippen LogP contribution in [0, 0.1) is 6.92 Å². The number of aryl methyl sites for hydroxylation is 1. The Balaban J connectivity index is 1.49. The largest absolute Gasteiger partial charge is 0.371 e. The molecule has 154 valence electrons. The molecule has 1 saturated heterocycles. The molecule has 2 N–H and O–H groups in total. The molecule has 0 saturated carbocycles. The van der Waals surface area contributed by atoms with E-state index in [1.165, 1.54) is 41.4 Å². The van der Waals surface area contributed by atoms with Crippen LogP contribution in [0.2, 0.25) is 0 Å². The zero-order chi connectivity index (χ0) is 20.8. The third kappa shape index (κ3) is 3.06. The Hall–Kier alpha value is -3.67. The summed E-state index contributed by atoms with van der Waals surface area (Å²) in [6.45, 7) is 4.42. The van der Waals surface area contributed by atoms with Crippen molar-refractivity contribution in [1.82, 2.24) is 25.1 Å². The van der Waals surface area contributed by atoms with Crippen molar-refractivity contribution >= 4 is 27.6 Å². The van der Waals surface area contributed by atoms with Crippen molar-refractivity contribution in [1.29, 1.82) is 0 Å². The van der Waals surface area contributed by atoms with Crippen molar-refractivity contribution in [3.63, 3.8) is 0 Å². The molecule has 6 nitrogen and oxygen atoms in total. The Bertz CT molecular complexity index is 1380. The highest BCUT2D eigenvalue weighted by Crippen LogP contribution is 2.36. The molecule has 1 aliphatic rings. The van der Waals surface area contributed by atoms with E-state index in [1.807, 2.05) is 18.3 Å². The van der Waals surface area contributed by atoms with Crippen molar-refractivity contribution in [3.05, 3.63) is 60.6 Å². The van der Waals surface area contributed by atoms with Gasteiger partial charge in [0.25, 0.3) is 0 Å². The number of piperidine rings is 1. The van der Waals surface area contributed by atoms with Crippen molar-refractivity contribution in [2.45, 2.75) is 26.2 Å². The van der Waals surface area contributed by atoms with Crippen LogP contribution >= 0.6 is 0 Å². The molecule has 0 bridgehead atoms. The molecule has 5 heterocycles. The molecule has 0 amide bonds. The van der Waals surface area contributed by atoms with E-state index in [4.69, 9.17) is 0 Å². The fourth-order valence-electron chi connectivity index (χ4n) is 4.70. The van der Waals surface area contributed by atoms with Crippen LogP contribution in [0.5, 0.6) is 0 Å². The first-order chi connectivity index (χ1) is 15.3. The van der Waals surface area contributed by atoms with Crippen molar-refractivity contribution < 1.29 is 0 Å². The molecule has 6 heteroatoms. The van der Waals surface area contributed by atoms with Gasteiger partial charge in [0.05, 0.1) is 16.9 Å². The summed E-state index contributed by atoms with van der Waals surface area (Å²) < 4.78 is 0. The second kappa shape index (κ2) is 7.23. The highest BCUT2D eigenvalue weighted by atomic mass is 15.2. The summed E-state index contributed by atoms with van der Waals surface area (Å²) in [5.74, 6) is 0. The number of nitrogens with one attached hydrogen (secondary N) is 2. The summed E-state index contributed by atoms with van der Waals surface area (Å²) in [5, 5.41) is 9.96. The van der Waals surface area contributed by atoms with E-state index in [0.717, 1.165) is 46.6 Å². The van der Waals surface area contributed by atoms with Crippen LogP contribution < -0.4 is 4.90 Å². The van der Waals surface area contributed by atoms with Gasteiger partial charge in [-0.15, -0.1) is 0 Å². The smallest absolute Gasteiger partial charge is 0.181 e. The Morgan fingerprint density at radius 1 is 0.903 bits per heavy atom. The lowest BCUT2D eigenvalue weighted by molar-refractivity contribution is 0.579. The third-order valence-electron chi connectivity index (χ3n) is 6.37. The topological polar surface area (TPSA) is 73.5 Å². The molecule has 0 unspecified atom stereocenters. The lowest BCUT2D eigenvalue weighted by Crippen LogP contribution is -2.29. The van der Waals surface area contributed by atoms with E-state index >= 15 is 0 Å². The molecular formula is C25H24N6. The first-order valence-electron chi connectivity index (χ1n) is 10.9. The van der Waals surface area contributed by atoms with Gasteiger partial charge in [-0.2, -0.15) is 5.10 Å². The summed E-state index contributed by atoms with van der Waals surface area (Å²) in [6, 6.07) is 12.9. The van der Waals surface area contributed by atoms with E-state index in [-0.39, 0.29) is 0 Å². The zero-order valence-corrected chi connectivity index (χ0v) is 17.5. The minimum absolute atomic E-state index is 0.722. The number of hydrogen-bond acceptors (Lipinski definition) is 4. The van der Waals surface area contributed by atoms with Crippen LogP contribution in [-0.2, 0) is 0 Å². The second-order valence-corrected chi connectivity index (χ2v) is 8.35. The van der Waals surface area contributed by atoms with E-state index < -0.39 is 0 Å². The summed E-state index contributed by atoms with van der Waals surface area (Å²) in [5.41, 5.74) is 8.65. The number of anilines is 1. The van der Waals surface area contributed by atoms with Crippen LogP contribution in [0.4, 0.5) is 5.69 Å². The molecule has 4 aromatic heterocycles. The van der Waals surface area contributed by atoms with Gasteiger partial charge >= 0.3 is 0 Å². The number of H-pyrrole nitrogens is 2. The summed E-state index contributed by atoms with van der Waals surface area (Å²) in [6.07, 6.45) is 9.34. The Morgan fingerprint density at radius 3 is 2.58 bits per heavy atom. The van der Waals surface area contributed by atoms with Gasteiger partial charge in [-0.1, -0.05) is 6.07 Å². The predicted octanol–water partition coefficient (Wildman–Crippen LogP) is 5.47. The first-order valence-corrected chi connectivity index (χ1v) is 10.9. The average Bonchev–Trinajstić information content (AvgIpc) is 3.45. The van der Waals surface area contributed by atoms with Gasteiger partial charge in [0.1, 0.15) is 0 Å². The van der Waals surface area contributed by atoms with Gasteiger partial charge in [0, 0.05) is 53.7 Å². The maximum Gasteiger partial charge on any atom is 0.181 e. The number of pyridine rings is 2. The average molecular weight is 409 g/mol. The summed E-state index contributed by atoms with van der Waals surface area (Å²) in [7, 11) is 0. The standard InChI is InChI=1S/C25H24N6/c1-16-5-6-22(31-11-3-2-4-12-31)19-14-21(28-23(16)19)24-20-13-18(15-27-25(20)30-29-24)17-7-9-26-10-8-17/h5-10,13-15,28H,2-4,11-12H2,1H3,(H,27,29,30). The Morgan fingerprint density at radius 2 is 1.74 bits per heavy atom. The quantitative estimate of drug-likeness (QED) is 0.415. The SMILES string of the molecule is Cc1ccc(N2CCCCC2)c2cc(-c3[nH]nc4ncc(-c5ccncc5)cc34)[nH]c12. The predicted molar refractivity (Wildman–Crippen MR) is 125 cm³/mol. The number of benzene rings is 1. The number of aromatic amines is 2. The fourth-order valence-corrected chi connectivity index (χ4v) is 4.70. The number of aromatic nitrogens is 5. The highest BCUT2D eigenvalue weighted by molar-refractivity contribution is 6.01. The van der Waals surface area contributed by atoms with Crippen molar-refractivity contribution in [3.8, 4) is 22.5 Å². The lowest BCUT2D eigenvalue weighted by Gasteiger charge is -2.29. The molecule has 1 fully saturated rings. The molecular weight excluding hydrogens is 384 g/mol. The summed E-state index contributed by atoms with van der Waals surface area (Å²) in [4.78, 5) is 14.9. The molecule has 31 heavy (non-hydrogen) atoms. The molecule has 0 atom stereocenters. The van der Waals surface area contributed by atoms with E-state index in [0.29, 0.717) is 0 Å². The molecule has 1 aliphatic heterocycles. The molecule has 6 rings (SSSR count). The van der Waals surface area contributed by atoms with Crippen LogP contribution in [0.3, 0.4) is 0 Å². The number of hydrogen-bond donors (Lipinski definition) is 2. The van der Waals surface area contributed by atoms with Gasteiger partial charge in [-0.05, 0) is 67.6 Å². The van der Waals surface area contributed by atoms with E-state index in [2.05, 4.69) is 61.2 Å². The normalized spacial score (nSPS) is 14.5. The highest BCUT2D eigenvalue weighted by Gasteiger charge is 2.18. The van der Waals surface area contributed by atoms with Gasteiger partial charge in [0.2, 0.25) is 0 Å². The maximum atomic E-state index is 4.58. The first kappa shape index (κ1) is 18.1. The van der Waals surface area contributed by atoms with Gasteiger partial charge < -0.3 is 9.88 Å². The molecule has 0 radical (unpaired) electrons. The van der Waals surface area contributed by atoms with Crippen molar-refractivity contribution in [2.75, 3.05) is 18.0 Å². The molecule has 5 aromatic rings. The third-order valence-corrected chi connectivity index (χ3v) is 6.37. The van der Waals surface area contributed by atoms with Gasteiger partial charge in [0.15, 0.2) is 5.65 Å². The summed E-state index contributed by atoms with van der Waals surface area (Å²) >= 11 is 0. The lowest BCUT2D eigenvalue weighted by atomic mass is 10.1. The van der Waals surface area contributed by atoms with Gasteiger partial charge in [-0.25, -0.2) is 4.98 Å². The zero-order valence-electron chi connectivity index (χ0n) is 17.5. The van der Waals surface area contributed by atoms with Crippen LogP contribution in [0.25, 0.3) is 44.5 Å². The van der Waals surface area contributed by atoms with E-state index in [9.17, 15) is 0 Å². The minimum Gasteiger partial charge on any atom is -0.371 e. The minimum atomic E-state index is 0.722. The van der Waals surface area contributed by atoms with Crippen LogP contribution in [0.15, 0.2) is 55.0 Å². The van der Waals surface area contributed by atoms with Crippen LogP contribution in [-0.4, -0.2) is 38.2 Å². The second-order valence-electron chi connectivity index (χ2n) is 8.35.